The molecule has 1 aromatic rings. The first kappa shape index (κ1) is 16.3. The first-order chi connectivity index (χ1) is 8.61. The fourth-order valence-corrected chi connectivity index (χ4v) is 3.77. The minimum atomic E-state index is -3.52. The molecule has 1 rings (SSSR count). The second-order valence-corrected chi connectivity index (χ2v) is 8.61. The Morgan fingerprint density at radius 3 is 2.37 bits per heavy atom. The van der Waals surface area contributed by atoms with Gasteiger partial charge in [-0.2, -0.15) is 0 Å². The van der Waals surface area contributed by atoms with Gasteiger partial charge in [0.1, 0.15) is 5.75 Å². The van der Waals surface area contributed by atoms with Crippen LogP contribution >= 0.6 is 10.7 Å². The van der Waals surface area contributed by atoms with E-state index in [2.05, 4.69) is 13.8 Å². The van der Waals surface area contributed by atoms with E-state index in [0.29, 0.717) is 12.5 Å². The van der Waals surface area contributed by atoms with Crippen LogP contribution in [0.4, 0.5) is 0 Å². The number of halogens is 1. The van der Waals surface area contributed by atoms with Gasteiger partial charge in [-0.25, -0.2) is 8.42 Å². The Morgan fingerprint density at radius 2 is 1.84 bits per heavy atom. The van der Waals surface area contributed by atoms with E-state index in [1.165, 1.54) is 0 Å². The number of hydrogen-bond acceptors (Lipinski definition) is 3. The van der Waals surface area contributed by atoms with Crippen molar-refractivity contribution in [3.05, 3.63) is 29.8 Å². The molecule has 0 heterocycles. The SMILES string of the molecule is CC(C)c1ccccc1OCC(C)(C)CS(=O)(=O)Cl. The van der Waals surface area contributed by atoms with Gasteiger partial charge in [-0.05, 0) is 17.5 Å². The first-order valence-electron chi connectivity index (χ1n) is 6.25. The quantitative estimate of drug-likeness (QED) is 0.751. The van der Waals surface area contributed by atoms with Crippen LogP contribution < -0.4 is 4.74 Å². The lowest BCUT2D eigenvalue weighted by molar-refractivity contribution is 0.198. The normalized spacial score (nSPS) is 12.7. The summed E-state index contributed by atoms with van der Waals surface area (Å²) in [5.74, 6) is 1.06. The molecule has 0 aliphatic carbocycles. The van der Waals surface area contributed by atoms with Crippen LogP contribution in [0, 0.1) is 5.41 Å². The molecule has 0 atom stereocenters. The second kappa shape index (κ2) is 6.14. The predicted molar refractivity (Wildman–Crippen MR) is 79.4 cm³/mol. The summed E-state index contributed by atoms with van der Waals surface area (Å²) in [7, 11) is 1.78. The van der Waals surface area contributed by atoms with Gasteiger partial charge >= 0.3 is 0 Å². The Labute approximate surface area is 120 Å². The Balaban J connectivity index is 2.77. The molecule has 0 aliphatic heterocycles. The second-order valence-electron chi connectivity index (χ2n) is 5.83. The van der Waals surface area contributed by atoms with Crippen molar-refractivity contribution >= 4 is 19.7 Å². The van der Waals surface area contributed by atoms with E-state index in [1.54, 1.807) is 0 Å². The topological polar surface area (TPSA) is 43.4 Å². The summed E-state index contributed by atoms with van der Waals surface area (Å²) in [4.78, 5) is 0. The standard InChI is InChI=1S/C14H21ClO3S/c1-11(2)12-7-5-6-8-13(12)18-9-14(3,4)10-19(15,16)17/h5-8,11H,9-10H2,1-4H3. The maximum Gasteiger partial charge on any atom is 0.233 e. The van der Waals surface area contributed by atoms with Gasteiger partial charge in [-0.15, -0.1) is 0 Å². The van der Waals surface area contributed by atoms with E-state index in [0.717, 1.165) is 11.3 Å². The highest BCUT2D eigenvalue weighted by Gasteiger charge is 2.26. The lowest BCUT2D eigenvalue weighted by Gasteiger charge is -2.24. The lowest BCUT2D eigenvalue weighted by Crippen LogP contribution is -2.28. The van der Waals surface area contributed by atoms with E-state index in [-0.39, 0.29) is 5.75 Å². The van der Waals surface area contributed by atoms with E-state index in [9.17, 15) is 8.42 Å². The van der Waals surface area contributed by atoms with Crippen LogP contribution in [-0.2, 0) is 9.05 Å². The number of para-hydroxylation sites is 1. The molecule has 0 spiro atoms. The third-order valence-corrected chi connectivity index (χ3v) is 4.18. The molecule has 0 aliphatic rings. The molecule has 0 N–H and O–H groups in total. The third kappa shape index (κ3) is 5.83. The molecule has 19 heavy (non-hydrogen) atoms. The highest BCUT2D eigenvalue weighted by atomic mass is 35.7. The minimum Gasteiger partial charge on any atom is -0.493 e. The van der Waals surface area contributed by atoms with Gasteiger partial charge in [0, 0.05) is 16.1 Å². The van der Waals surface area contributed by atoms with Crippen LogP contribution in [0.25, 0.3) is 0 Å². The summed E-state index contributed by atoms with van der Waals surface area (Å²) >= 11 is 0. The summed E-state index contributed by atoms with van der Waals surface area (Å²) < 4.78 is 28.1. The highest BCUT2D eigenvalue weighted by molar-refractivity contribution is 8.13. The van der Waals surface area contributed by atoms with Crippen LogP contribution in [0.1, 0.15) is 39.2 Å². The van der Waals surface area contributed by atoms with Crippen LogP contribution in [0.3, 0.4) is 0 Å². The third-order valence-electron chi connectivity index (χ3n) is 2.72. The molecule has 0 aromatic heterocycles. The Bertz CT molecular complexity index is 521. The van der Waals surface area contributed by atoms with Gasteiger partial charge in [-0.1, -0.05) is 45.9 Å². The minimum absolute atomic E-state index is 0.106. The average molecular weight is 305 g/mol. The first-order valence-corrected chi connectivity index (χ1v) is 8.73. The summed E-state index contributed by atoms with van der Waals surface area (Å²) in [6.07, 6.45) is 0. The zero-order valence-corrected chi connectivity index (χ0v) is 13.4. The Morgan fingerprint density at radius 1 is 1.26 bits per heavy atom. The predicted octanol–water partition coefficient (Wildman–Crippen LogP) is 3.78. The Kier molecular flexibility index (Phi) is 5.27. The van der Waals surface area contributed by atoms with Crippen molar-refractivity contribution in [1.82, 2.24) is 0 Å². The molecule has 0 fully saturated rings. The smallest absolute Gasteiger partial charge is 0.233 e. The monoisotopic (exact) mass is 304 g/mol. The van der Waals surface area contributed by atoms with E-state index < -0.39 is 14.5 Å². The van der Waals surface area contributed by atoms with Crippen molar-refractivity contribution in [2.75, 3.05) is 12.4 Å². The molecule has 0 radical (unpaired) electrons. The van der Waals surface area contributed by atoms with Crippen molar-refractivity contribution in [2.45, 2.75) is 33.6 Å². The van der Waals surface area contributed by atoms with Crippen LogP contribution in [0.5, 0.6) is 5.75 Å². The van der Waals surface area contributed by atoms with Gasteiger partial charge in [0.2, 0.25) is 9.05 Å². The molecule has 1 aromatic carbocycles. The maximum absolute atomic E-state index is 11.1. The number of ether oxygens (including phenoxy) is 1. The average Bonchev–Trinajstić information content (AvgIpc) is 2.23. The molecule has 0 unspecified atom stereocenters. The van der Waals surface area contributed by atoms with Crippen molar-refractivity contribution < 1.29 is 13.2 Å². The van der Waals surface area contributed by atoms with E-state index in [4.69, 9.17) is 15.4 Å². The van der Waals surface area contributed by atoms with Gasteiger partial charge in [-0.3, -0.25) is 0 Å². The highest BCUT2D eigenvalue weighted by Crippen LogP contribution is 2.28. The summed E-state index contributed by atoms with van der Waals surface area (Å²) in [5.41, 5.74) is 0.594. The van der Waals surface area contributed by atoms with Crippen molar-refractivity contribution in [3.8, 4) is 5.75 Å². The van der Waals surface area contributed by atoms with Crippen LogP contribution in [0.2, 0.25) is 0 Å². The molecule has 108 valence electrons. The summed E-state index contributed by atoms with van der Waals surface area (Å²) in [6.45, 7) is 8.14. The van der Waals surface area contributed by atoms with Crippen molar-refractivity contribution in [1.29, 1.82) is 0 Å². The molecule has 0 saturated heterocycles. The Hall–Kier alpha value is -0.740. The molecular formula is C14H21ClO3S. The van der Waals surface area contributed by atoms with Crippen molar-refractivity contribution in [2.24, 2.45) is 5.41 Å². The number of hydrogen-bond donors (Lipinski definition) is 0. The zero-order valence-electron chi connectivity index (χ0n) is 11.8. The van der Waals surface area contributed by atoms with Gasteiger partial charge in [0.15, 0.2) is 0 Å². The lowest BCUT2D eigenvalue weighted by atomic mass is 9.97. The summed E-state index contributed by atoms with van der Waals surface area (Å²) in [6, 6.07) is 7.80. The number of rotatable bonds is 6. The fraction of sp³-hybridized carbons (Fsp3) is 0.571. The molecule has 0 saturated carbocycles. The van der Waals surface area contributed by atoms with Crippen molar-refractivity contribution in [3.63, 3.8) is 0 Å². The molecule has 0 amide bonds. The summed E-state index contributed by atoms with van der Waals surface area (Å²) in [5, 5.41) is 0. The zero-order chi connectivity index (χ0) is 14.7. The van der Waals surface area contributed by atoms with E-state index >= 15 is 0 Å². The molecule has 0 bridgehead atoms. The molecule has 3 nitrogen and oxygen atoms in total. The van der Waals surface area contributed by atoms with Crippen LogP contribution in [0.15, 0.2) is 24.3 Å². The number of benzene rings is 1. The fourth-order valence-electron chi connectivity index (χ4n) is 1.87. The maximum atomic E-state index is 11.1. The van der Waals surface area contributed by atoms with Crippen LogP contribution in [-0.4, -0.2) is 20.8 Å². The van der Waals surface area contributed by atoms with Gasteiger partial charge in [0.25, 0.3) is 0 Å². The van der Waals surface area contributed by atoms with Gasteiger partial charge < -0.3 is 4.74 Å². The molecule has 5 heteroatoms. The van der Waals surface area contributed by atoms with E-state index in [1.807, 2.05) is 38.1 Å². The molecular weight excluding hydrogens is 284 g/mol. The van der Waals surface area contributed by atoms with Gasteiger partial charge in [0.05, 0.1) is 12.4 Å². The largest absolute Gasteiger partial charge is 0.493 e.